The molecule has 0 aromatic rings. The van der Waals surface area contributed by atoms with Crippen LogP contribution in [0.2, 0.25) is 0 Å². The van der Waals surface area contributed by atoms with Gasteiger partial charge in [-0.1, -0.05) is 13.8 Å². The number of carboxylic acids is 1. The van der Waals surface area contributed by atoms with Crippen LogP contribution in [-0.4, -0.2) is 30.2 Å². The zero-order chi connectivity index (χ0) is 8.85. The van der Waals surface area contributed by atoms with Gasteiger partial charge in [0.25, 0.3) is 0 Å². The van der Waals surface area contributed by atoms with E-state index in [2.05, 4.69) is 19.2 Å². The van der Waals surface area contributed by atoms with Gasteiger partial charge in [0.05, 0.1) is 0 Å². The monoisotopic (exact) mass is 160 g/mol. The Morgan fingerprint density at radius 2 is 2.09 bits per heavy atom. The number of hydrogen-bond acceptors (Lipinski definition) is 3. The first kappa shape index (κ1) is 10.4. The molecule has 0 spiro atoms. The molecule has 0 rings (SSSR count). The first-order chi connectivity index (χ1) is 5.04. The van der Waals surface area contributed by atoms with E-state index in [4.69, 9.17) is 10.8 Å². The largest absolute Gasteiger partial charge is 0.480 e. The lowest BCUT2D eigenvalue weighted by Gasteiger charge is -2.09. The molecule has 0 heterocycles. The topological polar surface area (TPSA) is 75.3 Å². The number of hydrogen-bond donors (Lipinski definition) is 3. The minimum atomic E-state index is -0.957. The van der Waals surface area contributed by atoms with Crippen molar-refractivity contribution in [2.75, 3.05) is 13.1 Å². The summed E-state index contributed by atoms with van der Waals surface area (Å²) in [6.07, 6.45) is 0. The van der Waals surface area contributed by atoms with Gasteiger partial charge in [0.1, 0.15) is 6.04 Å². The SMILES string of the molecule is CC(C)CNCC(N)C(=O)O. The quantitative estimate of drug-likeness (QED) is 0.513. The Balaban J connectivity index is 3.31. The van der Waals surface area contributed by atoms with Crippen molar-refractivity contribution >= 4 is 5.97 Å². The molecule has 1 atom stereocenters. The van der Waals surface area contributed by atoms with Crippen molar-refractivity contribution in [3.63, 3.8) is 0 Å². The van der Waals surface area contributed by atoms with Crippen LogP contribution in [-0.2, 0) is 4.79 Å². The normalized spacial score (nSPS) is 13.5. The molecule has 0 radical (unpaired) electrons. The molecular formula is C7H16N2O2. The molecule has 0 saturated heterocycles. The standard InChI is InChI=1S/C7H16N2O2/c1-5(2)3-9-4-6(8)7(10)11/h5-6,9H,3-4,8H2,1-2H3,(H,10,11). The molecule has 0 aliphatic rings. The van der Waals surface area contributed by atoms with E-state index in [1.165, 1.54) is 0 Å². The lowest BCUT2D eigenvalue weighted by Crippen LogP contribution is -2.41. The molecule has 0 fully saturated rings. The van der Waals surface area contributed by atoms with E-state index in [0.717, 1.165) is 6.54 Å². The van der Waals surface area contributed by atoms with Crippen LogP contribution in [0.25, 0.3) is 0 Å². The lowest BCUT2D eigenvalue weighted by molar-refractivity contribution is -0.138. The van der Waals surface area contributed by atoms with Gasteiger partial charge < -0.3 is 16.2 Å². The number of rotatable bonds is 5. The predicted octanol–water partition coefficient (Wildman–Crippen LogP) is -0.356. The zero-order valence-corrected chi connectivity index (χ0v) is 7.00. The zero-order valence-electron chi connectivity index (χ0n) is 7.00. The number of carboxylic acid groups (broad SMARTS) is 1. The average Bonchev–Trinajstić information content (AvgIpc) is 1.86. The molecule has 1 unspecified atom stereocenters. The third-order valence-corrected chi connectivity index (χ3v) is 1.23. The minimum Gasteiger partial charge on any atom is -0.480 e. The Bertz CT molecular complexity index is 126. The molecule has 0 aliphatic heterocycles. The van der Waals surface area contributed by atoms with E-state index in [1.54, 1.807) is 0 Å². The first-order valence-electron chi connectivity index (χ1n) is 3.73. The summed E-state index contributed by atoms with van der Waals surface area (Å²) >= 11 is 0. The van der Waals surface area contributed by atoms with E-state index < -0.39 is 12.0 Å². The molecule has 0 bridgehead atoms. The van der Waals surface area contributed by atoms with Gasteiger partial charge in [-0.2, -0.15) is 0 Å². The van der Waals surface area contributed by atoms with E-state index in [1.807, 2.05) is 0 Å². The summed E-state index contributed by atoms with van der Waals surface area (Å²) in [6.45, 7) is 5.26. The Kier molecular flexibility index (Phi) is 4.81. The van der Waals surface area contributed by atoms with Gasteiger partial charge in [-0.15, -0.1) is 0 Å². The van der Waals surface area contributed by atoms with Gasteiger partial charge in [0.2, 0.25) is 0 Å². The summed E-state index contributed by atoms with van der Waals surface area (Å²) in [5.74, 6) is -0.433. The van der Waals surface area contributed by atoms with E-state index in [-0.39, 0.29) is 0 Å². The van der Waals surface area contributed by atoms with Gasteiger partial charge in [0.15, 0.2) is 0 Å². The van der Waals surface area contributed by atoms with Crippen molar-refractivity contribution in [1.82, 2.24) is 5.32 Å². The van der Waals surface area contributed by atoms with Gasteiger partial charge >= 0.3 is 5.97 Å². The summed E-state index contributed by atoms with van der Waals surface area (Å²) in [5.41, 5.74) is 5.24. The molecule has 0 amide bonds. The van der Waals surface area contributed by atoms with Gasteiger partial charge in [-0.25, -0.2) is 0 Å². The molecule has 0 saturated carbocycles. The second kappa shape index (κ2) is 5.09. The Labute approximate surface area is 66.8 Å². The van der Waals surface area contributed by atoms with Crippen molar-refractivity contribution in [3.8, 4) is 0 Å². The second-order valence-corrected chi connectivity index (χ2v) is 3.00. The maximum absolute atomic E-state index is 10.2. The third-order valence-electron chi connectivity index (χ3n) is 1.23. The molecule has 66 valence electrons. The van der Waals surface area contributed by atoms with E-state index >= 15 is 0 Å². The number of carbonyl (C=O) groups is 1. The highest BCUT2D eigenvalue weighted by Gasteiger charge is 2.09. The summed E-state index contributed by atoms with van der Waals surface area (Å²) < 4.78 is 0. The van der Waals surface area contributed by atoms with Crippen molar-refractivity contribution in [2.45, 2.75) is 19.9 Å². The smallest absolute Gasteiger partial charge is 0.321 e. The van der Waals surface area contributed by atoms with Gasteiger partial charge in [-0.3, -0.25) is 4.79 Å². The van der Waals surface area contributed by atoms with Crippen LogP contribution in [0.1, 0.15) is 13.8 Å². The van der Waals surface area contributed by atoms with Crippen LogP contribution in [0.4, 0.5) is 0 Å². The van der Waals surface area contributed by atoms with Gasteiger partial charge in [-0.05, 0) is 12.5 Å². The Morgan fingerprint density at radius 3 is 2.45 bits per heavy atom. The molecule has 0 aromatic heterocycles. The second-order valence-electron chi connectivity index (χ2n) is 3.00. The lowest BCUT2D eigenvalue weighted by atomic mass is 10.2. The van der Waals surface area contributed by atoms with Crippen LogP contribution in [0, 0.1) is 5.92 Å². The fourth-order valence-corrected chi connectivity index (χ4v) is 0.615. The number of aliphatic carboxylic acids is 1. The summed E-state index contributed by atoms with van der Waals surface area (Å²) in [6, 6.07) is -0.784. The summed E-state index contributed by atoms with van der Waals surface area (Å²) in [5, 5.41) is 11.3. The highest BCUT2D eigenvalue weighted by molar-refractivity contribution is 5.73. The van der Waals surface area contributed by atoms with Crippen molar-refractivity contribution in [2.24, 2.45) is 11.7 Å². The Hall–Kier alpha value is -0.610. The predicted molar refractivity (Wildman–Crippen MR) is 43.3 cm³/mol. The third kappa shape index (κ3) is 5.82. The van der Waals surface area contributed by atoms with Gasteiger partial charge in [0, 0.05) is 6.54 Å². The number of nitrogens with two attached hydrogens (primary N) is 1. The Morgan fingerprint density at radius 1 is 1.55 bits per heavy atom. The maximum atomic E-state index is 10.2. The van der Waals surface area contributed by atoms with E-state index in [0.29, 0.717) is 12.5 Å². The van der Waals surface area contributed by atoms with E-state index in [9.17, 15) is 4.79 Å². The van der Waals surface area contributed by atoms with Crippen molar-refractivity contribution < 1.29 is 9.90 Å². The van der Waals surface area contributed by atoms with Crippen LogP contribution in [0.15, 0.2) is 0 Å². The fourth-order valence-electron chi connectivity index (χ4n) is 0.615. The molecule has 4 N–H and O–H groups in total. The first-order valence-corrected chi connectivity index (χ1v) is 3.73. The highest BCUT2D eigenvalue weighted by Crippen LogP contribution is 1.86. The molecular weight excluding hydrogens is 144 g/mol. The highest BCUT2D eigenvalue weighted by atomic mass is 16.4. The maximum Gasteiger partial charge on any atom is 0.321 e. The van der Waals surface area contributed by atoms with Crippen molar-refractivity contribution in [1.29, 1.82) is 0 Å². The molecule has 11 heavy (non-hydrogen) atoms. The fraction of sp³-hybridized carbons (Fsp3) is 0.857. The molecule has 0 aliphatic carbocycles. The van der Waals surface area contributed by atoms with Crippen LogP contribution < -0.4 is 11.1 Å². The molecule has 4 heteroatoms. The average molecular weight is 160 g/mol. The summed E-state index contributed by atoms with van der Waals surface area (Å²) in [7, 11) is 0. The number of nitrogens with one attached hydrogen (secondary N) is 1. The molecule has 0 aromatic carbocycles. The van der Waals surface area contributed by atoms with Crippen LogP contribution in [0.3, 0.4) is 0 Å². The van der Waals surface area contributed by atoms with Crippen molar-refractivity contribution in [3.05, 3.63) is 0 Å². The van der Waals surface area contributed by atoms with Crippen LogP contribution in [0.5, 0.6) is 0 Å². The summed E-state index contributed by atoms with van der Waals surface area (Å²) in [4.78, 5) is 10.2. The molecule has 4 nitrogen and oxygen atoms in total. The minimum absolute atomic E-state index is 0.341. The van der Waals surface area contributed by atoms with Crippen LogP contribution >= 0.6 is 0 Å².